The van der Waals surface area contributed by atoms with Gasteiger partial charge in [0.25, 0.3) is 0 Å². The maximum atomic E-state index is 10.4. The van der Waals surface area contributed by atoms with Crippen LogP contribution >= 0.6 is 0 Å². The molecule has 2 nitrogen and oxygen atoms in total. The molecule has 0 saturated carbocycles. The van der Waals surface area contributed by atoms with Crippen LogP contribution < -0.4 is 0 Å². The maximum Gasteiger partial charge on any atom is 0.115 e. The van der Waals surface area contributed by atoms with Gasteiger partial charge in [-0.1, -0.05) is 47.6 Å². The number of rotatable bonds is 1. The first-order chi connectivity index (χ1) is 7.53. The van der Waals surface area contributed by atoms with Gasteiger partial charge in [0.1, 0.15) is 5.75 Å². The van der Waals surface area contributed by atoms with Crippen molar-refractivity contribution in [1.29, 1.82) is 0 Å². The van der Waals surface area contributed by atoms with E-state index >= 15 is 0 Å². The van der Waals surface area contributed by atoms with Crippen LogP contribution in [0.4, 0.5) is 0 Å². The standard InChI is InChI=1S/C15H24O2/c1-14(2,3)12-9-10(16)7-8-11(12)13(17)15(4,5)6/h7-9,13,16-17H,1-6H3. The van der Waals surface area contributed by atoms with Crippen LogP contribution in [-0.2, 0) is 5.41 Å². The van der Waals surface area contributed by atoms with Crippen molar-refractivity contribution >= 4 is 0 Å². The van der Waals surface area contributed by atoms with Crippen LogP contribution in [0.5, 0.6) is 5.75 Å². The molecule has 0 saturated heterocycles. The van der Waals surface area contributed by atoms with Crippen molar-refractivity contribution < 1.29 is 10.2 Å². The van der Waals surface area contributed by atoms with Crippen molar-refractivity contribution in [3.8, 4) is 5.75 Å². The van der Waals surface area contributed by atoms with Crippen LogP contribution in [-0.4, -0.2) is 10.2 Å². The summed E-state index contributed by atoms with van der Waals surface area (Å²) in [6.07, 6.45) is -0.530. The van der Waals surface area contributed by atoms with E-state index in [1.165, 1.54) is 0 Å². The van der Waals surface area contributed by atoms with Crippen LogP contribution in [0.3, 0.4) is 0 Å². The van der Waals surface area contributed by atoms with E-state index in [1.54, 1.807) is 12.1 Å². The third-order valence-electron chi connectivity index (χ3n) is 2.96. The molecule has 1 atom stereocenters. The number of phenols is 1. The summed E-state index contributed by atoms with van der Waals surface area (Å²) in [5.41, 5.74) is 1.60. The fourth-order valence-corrected chi connectivity index (χ4v) is 1.90. The summed E-state index contributed by atoms with van der Waals surface area (Å²) in [6.45, 7) is 12.3. The Hall–Kier alpha value is -1.02. The normalized spacial score (nSPS) is 14.8. The molecule has 1 rings (SSSR count). The lowest BCUT2D eigenvalue weighted by molar-refractivity contribution is 0.0611. The van der Waals surface area contributed by atoms with E-state index in [-0.39, 0.29) is 16.6 Å². The van der Waals surface area contributed by atoms with E-state index in [4.69, 9.17) is 0 Å². The van der Waals surface area contributed by atoms with Crippen LogP contribution in [0.2, 0.25) is 0 Å². The average Bonchev–Trinajstić information content (AvgIpc) is 2.14. The lowest BCUT2D eigenvalue weighted by atomic mass is 9.76. The van der Waals surface area contributed by atoms with E-state index in [2.05, 4.69) is 20.8 Å². The third-order valence-corrected chi connectivity index (χ3v) is 2.96. The van der Waals surface area contributed by atoms with Gasteiger partial charge in [0.2, 0.25) is 0 Å². The molecule has 0 aliphatic rings. The van der Waals surface area contributed by atoms with Gasteiger partial charge in [-0.15, -0.1) is 0 Å². The number of aliphatic hydroxyl groups excluding tert-OH is 1. The highest BCUT2D eigenvalue weighted by molar-refractivity contribution is 5.40. The molecule has 2 N–H and O–H groups in total. The van der Waals surface area contributed by atoms with Crippen molar-refractivity contribution in [2.75, 3.05) is 0 Å². The number of aromatic hydroxyl groups is 1. The first-order valence-electron chi connectivity index (χ1n) is 6.05. The molecular weight excluding hydrogens is 212 g/mol. The fraction of sp³-hybridized carbons (Fsp3) is 0.600. The second-order valence-corrected chi connectivity index (χ2v) is 6.79. The van der Waals surface area contributed by atoms with E-state index < -0.39 is 6.10 Å². The number of hydrogen-bond donors (Lipinski definition) is 2. The Balaban J connectivity index is 3.34. The monoisotopic (exact) mass is 236 g/mol. The smallest absolute Gasteiger partial charge is 0.115 e. The molecule has 0 aliphatic carbocycles. The van der Waals surface area contributed by atoms with E-state index in [1.807, 2.05) is 26.8 Å². The quantitative estimate of drug-likeness (QED) is 0.779. The van der Waals surface area contributed by atoms with E-state index in [0.29, 0.717) is 0 Å². The second-order valence-electron chi connectivity index (χ2n) is 6.79. The van der Waals surface area contributed by atoms with Gasteiger partial charge in [-0.2, -0.15) is 0 Å². The fourth-order valence-electron chi connectivity index (χ4n) is 1.90. The highest BCUT2D eigenvalue weighted by Gasteiger charge is 2.29. The Morgan fingerprint density at radius 2 is 1.53 bits per heavy atom. The van der Waals surface area contributed by atoms with Crippen molar-refractivity contribution in [2.45, 2.75) is 53.1 Å². The Morgan fingerprint density at radius 1 is 1.00 bits per heavy atom. The average molecular weight is 236 g/mol. The number of aliphatic hydroxyl groups is 1. The number of hydrogen-bond acceptors (Lipinski definition) is 2. The Bertz CT molecular complexity index is 394. The third kappa shape index (κ3) is 3.22. The summed E-state index contributed by atoms with van der Waals surface area (Å²) >= 11 is 0. The summed E-state index contributed by atoms with van der Waals surface area (Å²) in [7, 11) is 0. The van der Waals surface area contributed by atoms with Gasteiger partial charge >= 0.3 is 0 Å². The van der Waals surface area contributed by atoms with Crippen molar-refractivity contribution in [1.82, 2.24) is 0 Å². The highest BCUT2D eigenvalue weighted by Crippen LogP contribution is 2.39. The van der Waals surface area contributed by atoms with Crippen LogP contribution in [0.15, 0.2) is 18.2 Å². The zero-order valence-electron chi connectivity index (χ0n) is 11.7. The molecule has 17 heavy (non-hydrogen) atoms. The minimum atomic E-state index is -0.530. The van der Waals surface area contributed by atoms with E-state index in [9.17, 15) is 10.2 Å². The predicted octanol–water partition coefficient (Wildman–Crippen LogP) is 3.77. The molecule has 2 heteroatoms. The molecule has 0 amide bonds. The highest BCUT2D eigenvalue weighted by atomic mass is 16.3. The number of benzene rings is 1. The molecule has 1 aromatic carbocycles. The summed E-state index contributed by atoms with van der Waals surface area (Å²) in [6, 6.07) is 5.22. The van der Waals surface area contributed by atoms with Crippen molar-refractivity contribution in [3.05, 3.63) is 29.3 Å². The summed E-state index contributed by atoms with van der Waals surface area (Å²) in [5.74, 6) is 0.250. The zero-order valence-corrected chi connectivity index (χ0v) is 11.7. The molecule has 0 bridgehead atoms. The largest absolute Gasteiger partial charge is 0.508 e. The van der Waals surface area contributed by atoms with Gasteiger partial charge in [0, 0.05) is 0 Å². The molecular formula is C15H24O2. The molecule has 0 aromatic heterocycles. The van der Waals surface area contributed by atoms with Gasteiger partial charge in [-0.3, -0.25) is 0 Å². The minimum absolute atomic E-state index is 0.0969. The van der Waals surface area contributed by atoms with Gasteiger partial charge in [0.15, 0.2) is 0 Å². The lowest BCUT2D eigenvalue weighted by Crippen LogP contribution is -2.23. The molecule has 0 spiro atoms. The topological polar surface area (TPSA) is 40.5 Å². The molecule has 0 heterocycles. The summed E-state index contributed by atoms with van der Waals surface area (Å²) in [4.78, 5) is 0. The van der Waals surface area contributed by atoms with Crippen LogP contribution in [0.25, 0.3) is 0 Å². The lowest BCUT2D eigenvalue weighted by Gasteiger charge is -2.31. The summed E-state index contributed by atoms with van der Waals surface area (Å²) in [5, 5.41) is 20.0. The molecule has 96 valence electrons. The van der Waals surface area contributed by atoms with Crippen molar-refractivity contribution in [3.63, 3.8) is 0 Å². The van der Waals surface area contributed by atoms with Crippen LogP contribution in [0.1, 0.15) is 58.8 Å². The molecule has 0 aliphatic heterocycles. The first-order valence-corrected chi connectivity index (χ1v) is 6.05. The van der Waals surface area contributed by atoms with E-state index in [0.717, 1.165) is 11.1 Å². The molecule has 1 unspecified atom stereocenters. The molecule has 0 radical (unpaired) electrons. The SMILES string of the molecule is CC(C)(C)c1cc(O)ccc1C(O)C(C)(C)C. The Kier molecular flexibility index (Phi) is 3.58. The summed E-state index contributed by atoms with van der Waals surface area (Å²) < 4.78 is 0. The van der Waals surface area contributed by atoms with Gasteiger partial charge in [-0.05, 0) is 34.1 Å². The molecule has 1 aromatic rings. The maximum absolute atomic E-state index is 10.4. The Labute approximate surface area is 104 Å². The predicted molar refractivity (Wildman–Crippen MR) is 71.2 cm³/mol. The van der Waals surface area contributed by atoms with Crippen LogP contribution in [0, 0.1) is 5.41 Å². The Morgan fingerprint density at radius 3 is 1.94 bits per heavy atom. The molecule has 0 fully saturated rings. The van der Waals surface area contributed by atoms with Crippen molar-refractivity contribution in [2.24, 2.45) is 5.41 Å². The van der Waals surface area contributed by atoms with Gasteiger partial charge in [0.05, 0.1) is 6.10 Å². The van der Waals surface area contributed by atoms with Gasteiger partial charge < -0.3 is 10.2 Å². The number of phenolic OH excluding ortho intramolecular Hbond substituents is 1. The zero-order chi connectivity index (χ0) is 13.4. The van der Waals surface area contributed by atoms with Gasteiger partial charge in [-0.25, -0.2) is 0 Å². The second kappa shape index (κ2) is 4.34. The first kappa shape index (κ1) is 14.0. The minimum Gasteiger partial charge on any atom is -0.508 e.